The smallest absolute Gasteiger partial charge is 0.218 e. The summed E-state index contributed by atoms with van der Waals surface area (Å²) in [5.74, 6) is 1.54. The third kappa shape index (κ3) is 5.87. The zero-order valence-electron chi connectivity index (χ0n) is 23.4. The van der Waals surface area contributed by atoms with Crippen LogP contribution >= 0.6 is 0 Å². The van der Waals surface area contributed by atoms with E-state index in [9.17, 15) is 8.42 Å². The second kappa shape index (κ2) is 11.4. The molecule has 3 aromatic carbocycles. The molecule has 1 saturated heterocycles. The molecule has 0 spiro atoms. The predicted molar refractivity (Wildman–Crippen MR) is 163 cm³/mol. The summed E-state index contributed by atoms with van der Waals surface area (Å²) in [6.07, 6.45) is 1.30. The summed E-state index contributed by atoms with van der Waals surface area (Å²) >= 11 is 0. The number of nitrogens with zero attached hydrogens (tertiary/aromatic N) is 6. The van der Waals surface area contributed by atoms with Crippen LogP contribution in [-0.4, -0.2) is 58.7 Å². The number of rotatable bonds is 7. The van der Waals surface area contributed by atoms with Gasteiger partial charge in [0.2, 0.25) is 10.0 Å². The van der Waals surface area contributed by atoms with Gasteiger partial charge in [0.15, 0.2) is 5.65 Å². The Hall–Kier alpha value is -4.08. The lowest BCUT2D eigenvalue weighted by molar-refractivity contribution is 0.432. The number of para-hydroxylation sites is 1. The fraction of sp³-hybridized carbons (Fsp3) is 0.281. The molecule has 9 heteroatoms. The van der Waals surface area contributed by atoms with Gasteiger partial charge in [-0.25, -0.2) is 23.1 Å². The number of benzene rings is 3. The van der Waals surface area contributed by atoms with E-state index in [0.717, 1.165) is 39.4 Å². The van der Waals surface area contributed by atoms with Crippen molar-refractivity contribution >= 4 is 26.9 Å². The van der Waals surface area contributed by atoms with Gasteiger partial charge in [0.1, 0.15) is 11.6 Å². The van der Waals surface area contributed by atoms with Crippen molar-refractivity contribution in [3.05, 3.63) is 113 Å². The van der Waals surface area contributed by atoms with Crippen molar-refractivity contribution in [2.75, 3.05) is 31.1 Å². The van der Waals surface area contributed by atoms with E-state index >= 15 is 0 Å². The molecule has 0 atom stereocenters. The number of aromatic nitrogens is 4. The Kier molecular flexibility index (Phi) is 7.55. The average Bonchev–Trinajstić information content (AvgIpc) is 3.13. The highest BCUT2D eigenvalue weighted by atomic mass is 32.2. The SMILES string of the molecule is Cc1ccc(Cc2nc(N3CCCN(S(=O)(=O)Cc4ccccc4)CC3)c3c(C)nn(-c4ccccc4)c3n2)cc1. The summed E-state index contributed by atoms with van der Waals surface area (Å²) in [5, 5.41) is 5.79. The van der Waals surface area contributed by atoms with Crippen LogP contribution in [0, 0.1) is 13.8 Å². The number of anilines is 1. The van der Waals surface area contributed by atoms with Gasteiger partial charge in [-0.1, -0.05) is 78.4 Å². The van der Waals surface area contributed by atoms with Gasteiger partial charge in [-0.2, -0.15) is 9.40 Å². The molecule has 41 heavy (non-hydrogen) atoms. The van der Waals surface area contributed by atoms with E-state index in [4.69, 9.17) is 15.1 Å². The lowest BCUT2D eigenvalue weighted by Crippen LogP contribution is -2.36. The first-order valence-corrected chi connectivity index (χ1v) is 15.6. The largest absolute Gasteiger partial charge is 0.355 e. The summed E-state index contributed by atoms with van der Waals surface area (Å²) in [6.45, 7) is 6.19. The lowest BCUT2D eigenvalue weighted by Gasteiger charge is -2.24. The highest BCUT2D eigenvalue weighted by Crippen LogP contribution is 2.30. The van der Waals surface area contributed by atoms with Crippen LogP contribution in [0.2, 0.25) is 0 Å². The zero-order valence-corrected chi connectivity index (χ0v) is 24.3. The van der Waals surface area contributed by atoms with Crippen molar-refractivity contribution in [2.24, 2.45) is 0 Å². The Balaban J connectivity index is 1.36. The zero-order chi connectivity index (χ0) is 28.4. The van der Waals surface area contributed by atoms with E-state index in [1.807, 2.05) is 72.3 Å². The van der Waals surface area contributed by atoms with Gasteiger partial charge < -0.3 is 4.90 Å². The fourth-order valence-electron chi connectivity index (χ4n) is 5.41. The monoisotopic (exact) mass is 566 g/mol. The third-order valence-electron chi connectivity index (χ3n) is 7.55. The first-order chi connectivity index (χ1) is 19.9. The molecule has 3 heterocycles. The third-order valence-corrected chi connectivity index (χ3v) is 9.40. The van der Waals surface area contributed by atoms with Gasteiger partial charge in [-0.05, 0) is 43.5 Å². The molecule has 0 bridgehead atoms. The molecule has 0 aliphatic carbocycles. The number of hydrogen-bond acceptors (Lipinski definition) is 6. The molecule has 1 aliphatic rings. The minimum absolute atomic E-state index is 0.00917. The van der Waals surface area contributed by atoms with Crippen molar-refractivity contribution < 1.29 is 8.42 Å². The average molecular weight is 567 g/mol. The van der Waals surface area contributed by atoms with E-state index in [1.54, 1.807) is 4.31 Å². The highest BCUT2D eigenvalue weighted by Gasteiger charge is 2.28. The Bertz CT molecular complexity index is 1750. The Morgan fingerprint density at radius 1 is 0.756 bits per heavy atom. The van der Waals surface area contributed by atoms with Crippen LogP contribution in [0.15, 0.2) is 84.9 Å². The van der Waals surface area contributed by atoms with Crippen molar-refractivity contribution in [2.45, 2.75) is 32.4 Å². The summed E-state index contributed by atoms with van der Waals surface area (Å²) < 4.78 is 30.2. The second-order valence-electron chi connectivity index (χ2n) is 10.6. The summed E-state index contributed by atoms with van der Waals surface area (Å²) in [7, 11) is -3.44. The van der Waals surface area contributed by atoms with Gasteiger partial charge in [-0.15, -0.1) is 0 Å². The maximum absolute atomic E-state index is 13.3. The number of fused-ring (bicyclic) bond motifs is 1. The van der Waals surface area contributed by atoms with Gasteiger partial charge in [0.25, 0.3) is 0 Å². The van der Waals surface area contributed by atoms with Crippen molar-refractivity contribution in [1.29, 1.82) is 0 Å². The molecule has 0 radical (unpaired) electrons. The topological polar surface area (TPSA) is 84.2 Å². The van der Waals surface area contributed by atoms with Gasteiger partial charge in [0.05, 0.1) is 22.5 Å². The predicted octanol–water partition coefficient (Wildman–Crippen LogP) is 5.07. The summed E-state index contributed by atoms with van der Waals surface area (Å²) in [4.78, 5) is 12.3. The molecule has 0 saturated carbocycles. The normalized spacial score (nSPS) is 14.8. The van der Waals surface area contributed by atoms with Crippen LogP contribution in [0.3, 0.4) is 0 Å². The molecule has 2 aromatic heterocycles. The van der Waals surface area contributed by atoms with E-state index in [0.29, 0.717) is 44.8 Å². The molecule has 5 aromatic rings. The highest BCUT2D eigenvalue weighted by molar-refractivity contribution is 7.88. The standard InChI is InChI=1S/C32H34N6O2S/c1-24-14-16-26(17-15-24)22-29-33-31(30-25(2)35-38(32(30)34-29)28-12-7-4-8-13-28)36-18-9-19-37(21-20-36)41(39,40)23-27-10-5-3-6-11-27/h3-8,10-17H,9,18-23H2,1-2H3. The fourth-order valence-corrected chi connectivity index (χ4v) is 6.97. The molecule has 0 unspecified atom stereocenters. The van der Waals surface area contributed by atoms with E-state index in [-0.39, 0.29) is 5.75 Å². The molecule has 210 valence electrons. The number of hydrogen-bond donors (Lipinski definition) is 0. The van der Waals surface area contributed by atoms with Crippen molar-refractivity contribution in [3.63, 3.8) is 0 Å². The quantitative estimate of drug-likeness (QED) is 0.274. The van der Waals surface area contributed by atoms with E-state index in [1.165, 1.54) is 5.56 Å². The molecule has 6 rings (SSSR count). The van der Waals surface area contributed by atoms with Crippen LogP contribution in [0.5, 0.6) is 0 Å². The van der Waals surface area contributed by atoms with Gasteiger partial charge in [0, 0.05) is 32.6 Å². The Labute approximate surface area is 241 Å². The molecular weight excluding hydrogens is 532 g/mol. The van der Waals surface area contributed by atoms with Crippen molar-refractivity contribution in [3.8, 4) is 5.69 Å². The van der Waals surface area contributed by atoms with E-state index < -0.39 is 10.0 Å². The molecule has 8 nitrogen and oxygen atoms in total. The summed E-state index contributed by atoms with van der Waals surface area (Å²) in [6, 6.07) is 27.8. The number of aryl methyl sites for hydroxylation is 2. The van der Waals surface area contributed by atoms with E-state index in [2.05, 4.69) is 36.1 Å². The van der Waals surface area contributed by atoms with Crippen LogP contribution in [0.25, 0.3) is 16.7 Å². The van der Waals surface area contributed by atoms with Gasteiger partial charge >= 0.3 is 0 Å². The number of sulfonamides is 1. The summed E-state index contributed by atoms with van der Waals surface area (Å²) in [5.41, 5.74) is 5.69. The maximum Gasteiger partial charge on any atom is 0.218 e. The van der Waals surface area contributed by atoms with Crippen LogP contribution in [0.1, 0.15) is 34.6 Å². The minimum Gasteiger partial charge on any atom is -0.355 e. The van der Waals surface area contributed by atoms with Crippen molar-refractivity contribution in [1.82, 2.24) is 24.1 Å². The maximum atomic E-state index is 13.3. The van der Waals surface area contributed by atoms with Crippen LogP contribution in [-0.2, 0) is 22.2 Å². The Morgan fingerprint density at radius 3 is 2.20 bits per heavy atom. The molecule has 0 N–H and O–H groups in total. The molecule has 1 fully saturated rings. The van der Waals surface area contributed by atoms with Gasteiger partial charge in [-0.3, -0.25) is 0 Å². The first-order valence-electron chi connectivity index (χ1n) is 14.0. The molecule has 1 aliphatic heterocycles. The Morgan fingerprint density at radius 2 is 1.46 bits per heavy atom. The molecular formula is C32H34N6O2S. The minimum atomic E-state index is -3.44. The van der Waals surface area contributed by atoms with Crippen LogP contribution in [0.4, 0.5) is 5.82 Å². The first kappa shape index (κ1) is 27.1. The lowest BCUT2D eigenvalue weighted by atomic mass is 10.1. The second-order valence-corrected chi connectivity index (χ2v) is 12.6. The molecule has 0 amide bonds. The van der Waals surface area contributed by atoms with Crippen LogP contribution < -0.4 is 4.90 Å².